The minimum atomic E-state index is -0.559. The van der Waals surface area contributed by atoms with Gasteiger partial charge in [-0.1, -0.05) is 48.5 Å². The van der Waals surface area contributed by atoms with E-state index in [-0.39, 0.29) is 35.8 Å². The molecule has 0 radical (unpaired) electrons. The summed E-state index contributed by atoms with van der Waals surface area (Å²) >= 11 is 0. The first-order valence-corrected chi connectivity index (χ1v) is 9.36. The van der Waals surface area contributed by atoms with Crippen molar-refractivity contribution in [3.8, 4) is 16.9 Å². The molecule has 0 fully saturated rings. The number of halogens is 2. The van der Waals surface area contributed by atoms with Gasteiger partial charge in [0.2, 0.25) is 0 Å². The maximum atomic E-state index is 14.6. The fraction of sp³-hybridized carbons (Fsp3) is 0.0833. The van der Waals surface area contributed by atoms with E-state index in [9.17, 15) is 13.6 Å². The monoisotopic (exact) mass is 404 g/mol. The van der Waals surface area contributed by atoms with Gasteiger partial charge in [0.25, 0.3) is 5.56 Å². The van der Waals surface area contributed by atoms with Gasteiger partial charge in [-0.25, -0.2) is 13.8 Å². The molecule has 3 aromatic carbocycles. The predicted octanol–water partition coefficient (Wildman–Crippen LogP) is 4.82. The Morgan fingerprint density at radius 2 is 1.67 bits per heavy atom. The predicted molar refractivity (Wildman–Crippen MR) is 110 cm³/mol. The average Bonchev–Trinajstić information content (AvgIpc) is 2.76. The molecule has 1 heterocycles. The average molecular weight is 404 g/mol. The lowest BCUT2D eigenvalue weighted by atomic mass is 10.1. The van der Waals surface area contributed by atoms with E-state index in [4.69, 9.17) is 4.74 Å². The molecular weight excluding hydrogens is 386 g/mol. The van der Waals surface area contributed by atoms with E-state index in [1.54, 1.807) is 18.2 Å². The number of aromatic nitrogens is 2. The van der Waals surface area contributed by atoms with Crippen LogP contribution in [-0.2, 0) is 13.2 Å². The lowest BCUT2D eigenvalue weighted by molar-refractivity contribution is 0.290. The Morgan fingerprint density at radius 1 is 0.900 bits per heavy atom. The third-order valence-electron chi connectivity index (χ3n) is 4.65. The summed E-state index contributed by atoms with van der Waals surface area (Å²) in [4.78, 5) is 16.9. The third kappa shape index (κ3) is 4.43. The highest BCUT2D eigenvalue weighted by Crippen LogP contribution is 2.24. The highest BCUT2D eigenvalue weighted by molar-refractivity contribution is 5.62. The SMILES string of the molecule is O=c1c(-c2ccc(OCc3ccccc3)c(F)c2)cncn1Cc1ccc(F)cc1. The van der Waals surface area contributed by atoms with E-state index in [1.807, 2.05) is 30.3 Å². The van der Waals surface area contributed by atoms with Gasteiger partial charge in [0.1, 0.15) is 12.4 Å². The summed E-state index contributed by atoms with van der Waals surface area (Å²) in [5.41, 5.74) is 2.05. The standard InChI is InChI=1S/C24H18F2N2O2/c25-20-9-6-17(7-10-20)14-28-16-27-13-21(24(28)29)19-8-11-23(22(26)12-19)30-15-18-4-2-1-3-5-18/h1-13,16H,14-15H2. The highest BCUT2D eigenvalue weighted by atomic mass is 19.1. The number of hydrogen-bond acceptors (Lipinski definition) is 3. The summed E-state index contributed by atoms with van der Waals surface area (Å²) in [6.07, 6.45) is 2.81. The Bertz CT molecular complexity index is 1210. The second-order valence-corrected chi connectivity index (χ2v) is 6.79. The first-order chi connectivity index (χ1) is 14.6. The fourth-order valence-corrected chi connectivity index (χ4v) is 3.07. The lowest BCUT2D eigenvalue weighted by Gasteiger charge is -2.10. The first kappa shape index (κ1) is 19.5. The van der Waals surface area contributed by atoms with Crippen molar-refractivity contribution in [2.45, 2.75) is 13.2 Å². The Hall–Kier alpha value is -3.80. The molecule has 0 bridgehead atoms. The maximum Gasteiger partial charge on any atom is 0.261 e. The van der Waals surface area contributed by atoms with Crippen molar-refractivity contribution in [1.82, 2.24) is 9.55 Å². The Balaban J connectivity index is 1.55. The molecule has 0 atom stereocenters. The normalized spacial score (nSPS) is 10.7. The number of benzene rings is 3. The molecule has 1 aromatic heterocycles. The number of rotatable bonds is 6. The van der Waals surface area contributed by atoms with Crippen molar-refractivity contribution in [1.29, 1.82) is 0 Å². The van der Waals surface area contributed by atoms with E-state index in [0.717, 1.165) is 11.1 Å². The summed E-state index contributed by atoms with van der Waals surface area (Å²) in [6, 6.07) is 19.7. The van der Waals surface area contributed by atoms with Gasteiger partial charge in [-0.3, -0.25) is 9.36 Å². The summed E-state index contributed by atoms with van der Waals surface area (Å²) in [6.45, 7) is 0.481. The number of hydrogen-bond donors (Lipinski definition) is 0. The Morgan fingerprint density at radius 3 is 2.40 bits per heavy atom. The van der Waals surface area contributed by atoms with Gasteiger partial charge < -0.3 is 4.74 Å². The molecular formula is C24H18F2N2O2. The zero-order chi connectivity index (χ0) is 20.9. The summed E-state index contributed by atoms with van der Waals surface area (Å²) < 4.78 is 34.6. The molecule has 0 saturated carbocycles. The zero-order valence-corrected chi connectivity index (χ0v) is 16.0. The summed E-state index contributed by atoms with van der Waals surface area (Å²) in [5.74, 6) is -0.794. The third-order valence-corrected chi connectivity index (χ3v) is 4.65. The molecule has 0 amide bonds. The lowest BCUT2D eigenvalue weighted by Crippen LogP contribution is -2.22. The van der Waals surface area contributed by atoms with Crippen LogP contribution in [-0.4, -0.2) is 9.55 Å². The van der Waals surface area contributed by atoms with E-state index in [2.05, 4.69) is 4.98 Å². The highest BCUT2D eigenvalue weighted by Gasteiger charge is 2.11. The quantitative estimate of drug-likeness (QED) is 0.463. The number of nitrogens with zero attached hydrogens (tertiary/aromatic N) is 2. The molecule has 30 heavy (non-hydrogen) atoms. The minimum Gasteiger partial charge on any atom is -0.486 e. The van der Waals surface area contributed by atoms with Gasteiger partial charge >= 0.3 is 0 Å². The van der Waals surface area contributed by atoms with Crippen molar-refractivity contribution in [2.24, 2.45) is 0 Å². The molecule has 0 aliphatic heterocycles. The van der Waals surface area contributed by atoms with Crippen LogP contribution >= 0.6 is 0 Å². The van der Waals surface area contributed by atoms with Gasteiger partial charge in [0.15, 0.2) is 11.6 Å². The van der Waals surface area contributed by atoms with Crippen molar-refractivity contribution in [3.05, 3.63) is 118 Å². The maximum absolute atomic E-state index is 14.6. The van der Waals surface area contributed by atoms with Gasteiger partial charge in [-0.2, -0.15) is 0 Å². The van der Waals surface area contributed by atoms with Crippen LogP contribution in [0.3, 0.4) is 0 Å². The summed E-state index contributed by atoms with van der Waals surface area (Å²) in [5, 5.41) is 0. The fourth-order valence-electron chi connectivity index (χ4n) is 3.07. The second-order valence-electron chi connectivity index (χ2n) is 6.79. The smallest absolute Gasteiger partial charge is 0.261 e. The molecule has 0 saturated heterocycles. The molecule has 0 aliphatic carbocycles. The van der Waals surface area contributed by atoms with Gasteiger partial charge in [-0.05, 0) is 41.0 Å². The molecule has 6 heteroatoms. The molecule has 0 unspecified atom stereocenters. The van der Waals surface area contributed by atoms with Crippen LogP contribution in [0, 0.1) is 11.6 Å². The summed E-state index contributed by atoms with van der Waals surface area (Å²) in [7, 11) is 0. The van der Waals surface area contributed by atoms with Gasteiger partial charge in [0.05, 0.1) is 18.4 Å². The first-order valence-electron chi connectivity index (χ1n) is 9.36. The van der Waals surface area contributed by atoms with Crippen LogP contribution in [0.1, 0.15) is 11.1 Å². The molecule has 0 spiro atoms. The van der Waals surface area contributed by atoms with Crippen molar-refractivity contribution >= 4 is 0 Å². The van der Waals surface area contributed by atoms with Crippen LogP contribution in [0.5, 0.6) is 5.75 Å². The van der Waals surface area contributed by atoms with Crippen LogP contribution in [0.15, 0.2) is 90.1 Å². The van der Waals surface area contributed by atoms with E-state index in [1.165, 1.54) is 41.4 Å². The van der Waals surface area contributed by atoms with Gasteiger partial charge in [-0.15, -0.1) is 0 Å². The van der Waals surface area contributed by atoms with Crippen LogP contribution in [0.25, 0.3) is 11.1 Å². The largest absolute Gasteiger partial charge is 0.486 e. The molecule has 4 nitrogen and oxygen atoms in total. The number of ether oxygens (including phenoxy) is 1. The zero-order valence-electron chi connectivity index (χ0n) is 16.0. The molecule has 150 valence electrons. The Labute approximate surface area is 172 Å². The van der Waals surface area contributed by atoms with Crippen molar-refractivity contribution < 1.29 is 13.5 Å². The van der Waals surface area contributed by atoms with Crippen molar-refractivity contribution in [2.75, 3.05) is 0 Å². The van der Waals surface area contributed by atoms with E-state index in [0.29, 0.717) is 5.56 Å². The van der Waals surface area contributed by atoms with Gasteiger partial charge in [0, 0.05) is 6.20 Å². The van der Waals surface area contributed by atoms with E-state index >= 15 is 0 Å². The topological polar surface area (TPSA) is 44.1 Å². The molecule has 4 rings (SSSR count). The van der Waals surface area contributed by atoms with E-state index < -0.39 is 5.82 Å². The molecule has 0 N–H and O–H groups in total. The van der Waals surface area contributed by atoms with Crippen LogP contribution < -0.4 is 10.3 Å². The van der Waals surface area contributed by atoms with Crippen LogP contribution in [0.2, 0.25) is 0 Å². The van der Waals surface area contributed by atoms with Crippen LogP contribution in [0.4, 0.5) is 8.78 Å². The second kappa shape index (κ2) is 8.69. The molecule has 0 aliphatic rings. The minimum absolute atomic E-state index is 0.109. The van der Waals surface area contributed by atoms with Crippen molar-refractivity contribution in [3.63, 3.8) is 0 Å². The molecule has 4 aromatic rings. The Kier molecular flexibility index (Phi) is 5.66.